The van der Waals surface area contributed by atoms with Crippen molar-refractivity contribution < 1.29 is 26.4 Å². The topological polar surface area (TPSA) is 63.2 Å². The molecular weight excluding hydrogens is 471 g/mol. The summed E-state index contributed by atoms with van der Waals surface area (Å²) < 4.78 is 66.1. The summed E-state index contributed by atoms with van der Waals surface area (Å²) in [5.41, 5.74) is -0.344. The van der Waals surface area contributed by atoms with Crippen molar-refractivity contribution in [1.82, 2.24) is 0 Å². The van der Waals surface area contributed by atoms with Gasteiger partial charge in [-0.1, -0.05) is 11.6 Å². The van der Waals surface area contributed by atoms with Crippen LogP contribution in [0.4, 0.5) is 18.9 Å². The van der Waals surface area contributed by atoms with Gasteiger partial charge < -0.3 is 5.32 Å². The SMILES string of the molecule is O=C(Nc1cc(F)c(F)c(F)c1)c1ccc(Cl)c(S(=O)(=O)CC2CC3CCC2SC3)c1. The zero-order valence-electron chi connectivity index (χ0n) is 16.2. The van der Waals surface area contributed by atoms with E-state index in [2.05, 4.69) is 5.32 Å². The molecule has 10 heteroatoms. The van der Waals surface area contributed by atoms with Crippen molar-refractivity contribution in [1.29, 1.82) is 0 Å². The fourth-order valence-corrected chi connectivity index (χ4v) is 8.20. The lowest BCUT2D eigenvalue weighted by Gasteiger charge is -2.41. The largest absolute Gasteiger partial charge is 0.322 e. The highest BCUT2D eigenvalue weighted by atomic mass is 35.5. The highest BCUT2D eigenvalue weighted by molar-refractivity contribution is 8.00. The molecule has 3 aliphatic rings. The Balaban J connectivity index is 1.55. The first-order chi connectivity index (χ1) is 14.6. The lowest BCUT2D eigenvalue weighted by Crippen LogP contribution is -2.38. The van der Waals surface area contributed by atoms with Gasteiger partial charge in [0, 0.05) is 28.6 Å². The normalized spacial score (nSPS) is 23.0. The lowest BCUT2D eigenvalue weighted by atomic mass is 9.82. The Morgan fingerprint density at radius 1 is 1.13 bits per heavy atom. The van der Waals surface area contributed by atoms with Crippen LogP contribution in [0.15, 0.2) is 35.2 Å². The molecule has 1 aliphatic carbocycles. The number of sulfone groups is 1. The monoisotopic (exact) mass is 489 g/mol. The minimum absolute atomic E-state index is 0.00374. The number of carbonyl (C=O) groups is 1. The fraction of sp³-hybridized carbons (Fsp3) is 0.381. The molecule has 1 saturated carbocycles. The number of carbonyl (C=O) groups excluding carboxylic acids is 1. The van der Waals surface area contributed by atoms with E-state index >= 15 is 0 Å². The number of anilines is 1. The van der Waals surface area contributed by atoms with Gasteiger partial charge in [0.25, 0.3) is 5.91 Å². The van der Waals surface area contributed by atoms with Crippen LogP contribution in [0, 0.1) is 29.3 Å². The van der Waals surface area contributed by atoms with Crippen molar-refractivity contribution in [3.05, 3.63) is 58.4 Å². The molecule has 2 aliphatic heterocycles. The minimum Gasteiger partial charge on any atom is -0.322 e. The first kappa shape index (κ1) is 22.5. The van der Waals surface area contributed by atoms with E-state index in [-0.39, 0.29) is 32.8 Å². The van der Waals surface area contributed by atoms with Gasteiger partial charge in [-0.2, -0.15) is 11.8 Å². The van der Waals surface area contributed by atoms with Gasteiger partial charge in [0.05, 0.1) is 15.7 Å². The third kappa shape index (κ3) is 4.73. The minimum atomic E-state index is -3.76. The van der Waals surface area contributed by atoms with Gasteiger partial charge in [-0.25, -0.2) is 21.6 Å². The third-order valence-corrected chi connectivity index (χ3v) is 9.80. The number of hydrogen-bond donors (Lipinski definition) is 1. The van der Waals surface area contributed by atoms with Crippen LogP contribution in [0.1, 0.15) is 29.6 Å². The average molecular weight is 490 g/mol. The van der Waals surface area contributed by atoms with E-state index in [1.54, 1.807) is 0 Å². The number of benzene rings is 2. The number of halogens is 4. The summed E-state index contributed by atoms with van der Waals surface area (Å²) in [6, 6.07) is 5.05. The van der Waals surface area contributed by atoms with Crippen molar-refractivity contribution in [2.24, 2.45) is 11.8 Å². The van der Waals surface area contributed by atoms with E-state index < -0.39 is 33.2 Å². The van der Waals surface area contributed by atoms with E-state index in [1.165, 1.54) is 12.1 Å². The van der Waals surface area contributed by atoms with E-state index in [4.69, 9.17) is 11.6 Å². The number of fused-ring (bicyclic) bond motifs is 3. The molecule has 1 N–H and O–H groups in total. The molecule has 2 aromatic carbocycles. The molecule has 5 rings (SSSR count). The molecule has 2 aromatic rings. The first-order valence-corrected chi connectivity index (χ1v) is 12.8. The molecule has 3 unspecified atom stereocenters. The van der Waals surface area contributed by atoms with Gasteiger partial charge in [-0.3, -0.25) is 4.79 Å². The van der Waals surface area contributed by atoms with Gasteiger partial charge in [0.15, 0.2) is 27.3 Å². The van der Waals surface area contributed by atoms with Crippen LogP contribution in [0.2, 0.25) is 5.02 Å². The summed E-state index contributed by atoms with van der Waals surface area (Å²) in [6.45, 7) is 0. The highest BCUT2D eigenvalue weighted by Crippen LogP contribution is 2.45. The summed E-state index contributed by atoms with van der Waals surface area (Å²) in [5.74, 6) is -3.73. The van der Waals surface area contributed by atoms with Crippen molar-refractivity contribution in [3.8, 4) is 0 Å². The Bertz CT molecular complexity index is 1110. The maximum absolute atomic E-state index is 13.4. The number of hydrogen-bond acceptors (Lipinski definition) is 4. The van der Waals surface area contributed by atoms with E-state index in [9.17, 15) is 26.4 Å². The Hall–Kier alpha value is -1.71. The molecular formula is C21H19ClF3NO3S2. The molecule has 31 heavy (non-hydrogen) atoms. The van der Waals surface area contributed by atoms with Crippen LogP contribution in [0.5, 0.6) is 0 Å². The van der Waals surface area contributed by atoms with Crippen LogP contribution in [-0.2, 0) is 9.84 Å². The molecule has 2 bridgehead atoms. The van der Waals surface area contributed by atoms with Gasteiger partial charge in [-0.15, -0.1) is 0 Å². The van der Waals surface area contributed by atoms with Crippen molar-refractivity contribution in [2.45, 2.75) is 29.4 Å². The number of nitrogens with one attached hydrogen (secondary N) is 1. The van der Waals surface area contributed by atoms with Crippen LogP contribution in [-0.4, -0.2) is 31.1 Å². The second kappa shape index (κ2) is 8.67. The first-order valence-electron chi connectivity index (χ1n) is 9.74. The zero-order valence-corrected chi connectivity index (χ0v) is 18.6. The van der Waals surface area contributed by atoms with Crippen LogP contribution < -0.4 is 5.32 Å². The number of rotatable bonds is 5. The Morgan fingerprint density at radius 2 is 1.84 bits per heavy atom. The van der Waals surface area contributed by atoms with Crippen LogP contribution in [0.3, 0.4) is 0 Å². The maximum atomic E-state index is 13.4. The maximum Gasteiger partial charge on any atom is 0.255 e. The standard InChI is InChI=1S/C21H19ClF3NO3S2/c22-15-3-2-12(21(27)26-14-7-16(23)20(25)17(24)8-14)6-19(15)31(28,29)10-13-5-11-1-4-18(13)30-9-11/h2-3,6-8,11,13,18H,1,4-5,9-10H2,(H,26,27). The van der Waals surface area contributed by atoms with Gasteiger partial charge >= 0.3 is 0 Å². The molecule has 4 nitrogen and oxygen atoms in total. The Morgan fingerprint density at radius 3 is 2.42 bits per heavy atom. The summed E-state index contributed by atoms with van der Waals surface area (Å²) in [6.07, 6.45) is 3.02. The molecule has 1 amide bonds. The molecule has 3 fully saturated rings. The lowest BCUT2D eigenvalue weighted by molar-refractivity contribution is 0.102. The van der Waals surface area contributed by atoms with Crippen molar-refractivity contribution in [3.63, 3.8) is 0 Å². The van der Waals surface area contributed by atoms with Gasteiger partial charge in [0.1, 0.15) is 0 Å². The molecule has 166 valence electrons. The van der Waals surface area contributed by atoms with Gasteiger partial charge in [-0.05, 0) is 55.1 Å². The molecule has 0 aromatic heterocycles. The second-order valence-electron chi connectivity index (χ2n) is 7.95. The zero-order chi connectivity index (χ0) is 22.3. The van der Waals surface area contributed by atoms with E-state index in [1.807, 2.05) is 11.8 Å². The van der Waals surface area contributed by atoms with Crippen LogP contribution >= 0.6 is 23.4 Å². The van der Waals surface area contributed by atoms with E-state index in [0.717, 1.165) is 31.1 Å². The molecule has 3 atom stereocenters. The fourth-order valence-electron chi connectivity index (χ4n) is 4.22. The molecule has 0 spiro atoms. The third-order valence-electron chi connectivity index (χ3n) is 5.77. The average Bonchev–Trinajstić information content (AvgIpc) is 2.72. The number of amides is 1. The predicted octanol–water partition coefficient (Wildman–Crippen LogP) is 5.32. The van der Waals surface area contributed by atoms with E-state index in [0.29, 0.717) is 23.3 Å². The number of thioether (sulfide) groups is 1. The summed E-state index contributed by atoms with van der Waals surface area (Å²) >= 11 is 7.97. The summed E-state index contributed by atoms with van der Waals surface area (Å²) in [4.78, 5) is 12.4. The molecule has 2 saturated heterocycles. The van der Waals surface area contributed by atoms with Crippen molar-refractivity contribution in [2.75, 3.05) is 16.8 Å². The quantitative estimate of drug-likeness (QED) is 0.578. The van der Waals surface area contributed by atoms with Crippen molar-refractivity contribution >= 4 is 44.8 Å². The summed E-state index contributed by atoms with van der Waals surface area (Å²) in [5, 5.41) is 2.56. The summed E-state index contributed by atoms with van der Waals surface area (Å²) in [7, 11) is -3.76. The highest BCUT2D eigenvalue weighted by Gasteiger charge is 2.39. The second-order valence-corrected chi connectivity index (χ2v) is 11.6. The smallest absolute Gasteiger partial charge is 0.255 e. The Kier molecular flexibility index (Phi) is 6.29. The Labute approximate surface area is 187 Å². The molecule has 0 radical (unpaired) electrons. The predicted molar refractivity (Wildman–Crippen MR) is 115 cm³/mol. The van der Waals surface area contributed by atoms with Crippen LogP contribution in [0.25, 0.3) is 0 Å². The van der Waals surface area contributed by atoms with Gasteiger partial charge in [0.2, 0.25) is 0 Å². The molecule has 2 heterocycles.